The third-order valence-electron chi connectivity index (χ3n) is 5.21. The Labute approximate surface area is 176 Å². The monoisotopic (exact) mass is 499 g/mol. The number of hydrogen-bond acceptors (Lipinski definition) is 3. The maximum Gasteiger partial charge on any atom is 0.209 e. The number of carbonyl (C=O) groups is 1. The van der Waals surface area contributed by atoms with E-state index in [2.05, 4.69) is 48.9 Å². The second-order valence-electron chi connectivity index (χ2n) is 6.64. The predicted molar refractivity (Wildman–Crippen MR) is 110 cm³/mol. The Morgan fingerprint density at radius 2 is 2.00 bits per heavy atom. The smallest absolute Gasteiger partial charge is 0.209 e. The predicted octanol–water partition coefficient (Wildman–Crippen LogP) is 4.22. The Kier molecular flexibility index (Phi) is 5.01. The summed E-state index contributed by atoms with van der Waals surface area (Å²) in [6, 6.07) is 6.21. The van der Waals surface area contributed by atoms with Crippen LogP contribution in [0.25, 0.3) is 0 Å². The molecule has 2 aliphatic rings. The lowest BCUT2D eigenvalue weighted by Gasteiger charge is -2.38. The van der Waals surface area contributed by atoms with E-state index in [0.717, 1.165) is 32.5 Å². The highest BCUT2D eigenvalue weighted by Crippen LogP contribution is 2.41. The number of pyridine rings is 1. The summed E-state index contributed by atoms with van der Waals surface area (Å²) in [4.78, 5) is 20.1. The van der Waals surface area contributed by atoms with Gasteiger partial charge >= 0.3 is 0 Å². The summed E-state index contributed by atoms with van der Waals surface area (Å²) in [5.41, 5.74) is 4.73. The molecular formula is C19H18Br2ClN3O. The fraction of sp³-hybridized carbons (Fsp3) is 0.368. The van der Waals surface area contributed by atoms with Crippen molar-refractivity contribution in [1.82, 2.24) is 14.8 Å². The number of amides is 1. The van der Waals surface area contributed by atoms with Crippen molar-refractivity contribution in [3.63, 3.8) is 0 Å². The molecule has 0 saturated carbocycles. The summed E-state index contributed by atoms with van der Waals surface area (Å²) in [5.74, 6) is 0. The van der Waals surface area contributed by atoms with Gasteiger partial charge in [-0.25, -0.2) is 0 Å². The van der Waals surface area contributed by atoms with Crippen molar-refractivity contribution in [2.75, 3.05) is 26.2 Å². The lowest BCUT2D eigenvalue weighted by molar-refractivity contribution is -0.119. The van der Waals surface area contributed by atoms with Crippen molar-refractivity contribution >= 4 is 49.8 Å². The SMILES string of the molecule is [3H]C(=O)N1CCN(C2c3ccc(Cl)c(Br)c3CCc3cc(Br)cnc32)CC1. The van der Waals surface area contributed by atoms with Gasteiger partial charge < -0.3 is 4.90 Å². The number of aromatic nitrogens is 1. The fourth-order valence-electron chi connectivity index (χ4n) is 3.90. The Hall–Kier alpha value is -0.950. The quantitative estimate of drug-likeness (QED) is 0.549. The molecule has 1 aromatic heterocycles. The van der Waals surface area contributed by atoms with Crippen LogP contribution in [0.3, 0.4) is 0 Å². The zero-order valence-corrected chi connectivity index (χ0v) is 17.9. The highest BCUT2D eigenvalue weighted by Gasteiger charge is 2.33. The molecule has 1 amide bonds. The van der Waals surface area contributed by atoms with Crippen LogP contribution in [0.2, 0.25) is 5.02 Å². The van der Waals surface area contributed by atoms with Crippen LogP contribution in [-0.2, 0) is 17.6 Å². The summed E-state index contributed by atoms with van der Waals surface area (Å²) in [7, 11) is 0. The number of rotatable bonds is 1. The van der Waals surface area contributed by atoms with Crippen LogP contribution in [0.1, 0.15) is 29.8 Å². The maximum atomic E-state index is 11.4. The minimum Gasteiger partial charge on any atom is -0.343 e. The van der Waals surface area contributed by atoms with Crippen molar-refractivity contribution in [2.24, 2.45) is 0 Å². The molecule has 1 saturated heterocycles. The van der Waals surface area contributed by atoms with Gasteiger partial charge in [0.1, 0.15) is 1.37 Å². The number of carbonyl (C=O) groups excluding carboxylic acids is 1. The van der Waals surface area contributed by atoms with Crippen LogP contribution in [0, 0.1) is 0 Å². The highest BCUT2D eigenvalue weighted by atomic mass is 79.9. The molecule has 1 unspecified atom stereocenters. The number of nitrogens with zero attached hydrogens (tertiary/aromatic N) is 3. The fourth-order valence-corrected chi connectivity index (χ4v) is 5.02. The molecule has 26 heavy (non-hydrogen) atoms. The molecule has 4 rings (SSSR count). The van der Waals surface area contributed by atoms with Crippen molar-refractivity contribution in [1.29, 1.82) is 0 Å². The number of aryl methyl sites for hydroxylation is 1. The van der Waals surface area contributed by atoms with Crippen LogP contribution in [-0.4, -0.2) is 47.3 Å². The maximum absolute atomic E-state index is 11.4. The average molecular weight is 502 g/mol. The third-order valence-corrected chi connectivity index (χ3v) is 7.09. The van der Waals surface area contributed by atoms with Crippen molar-refractivity contribution in [3.8, 4) is 0 Å². The Bertz CT molecular complexity index is 903. The first kappa shape index (κ1) is 17.2. The number of fused-ring (bicyclic) bond motifs is 2. The van der Waals surface area contributed by atoms with E-state index in [1.165, 1.54) is 16.7 Å². The molecule has 2 aromatic rings. The van der Waals surface area contributed by atoms with Gasteiger partial charge in [0.25, 0.3) is 0 Å². The first-order chi connectivity index (χ1) is 13.0. The molecule has 0 radical (unpaired) electrons. The summed E-state index contributed by atoms with van der Waals surface area (Å²) in [5, 5.41) is 0.720. The van der Waals surface area contributed by atoms with Crippen LogP contribution in [0.15, 0.2) is 33.3 Å². The molecule has 1 aromatic carbocycles. The summed E-state index contributed by atoms with van der Waals surface area (Å²) >= 11 is 13.6. The van der Waals surface area contributed by atoms with Crippen LogP contribution in [0.4, 0.5) is 0 Å². The van der Waals surface area contributed by atoms with Gasteiger partial charge in [0.15, 0.2) is 0 Å². The summed E-state index contributed by atoms with van der Waals surface area (Å²) in [6.45, 7) is 2.56. The van der Waals surface area contributed by atoms with E-state index in [4.69, 9.17) is 18.0 Å². The zero-order chi connectivity index (χ0) is 19.1. The molecule has 2 heterocycles. The Morgan fingerprint density at radius 3 is 2.73 bits per heavy atom. The average Bonchev–Trinajstić information content (AvgIpc) is 2.81. The molecule has 136 valence electrons. The van der Waals surface area contributed by atoms with Gasteiger partial charge in [0.05, 0.1) is 16.8 Å². The van der Waals surface area contributed by atoms with E-state index in [1.54, 1.807) is 4.90 Å². The van der Waals surface area contributed by atoms with Gasteiger partial charge in [-0.05, 0) is 73.5 Å². The van der Waals surface area contributed by atoms with Gasteiger partial charge in [0, 0.05) is 41.3 Å². The van der Waals surface area contributed by atoms with Crippen molar-refractivity contribution < 1.29 is 6.17 Å². The zero-order valence-electron chi connectivity index (χ0n) is 15.0. The van der Waals surface area contributed by atoms with Crippen molar-refractivity contribution in [2.45, 2.75) is 18.9 Å². The standard InChI is InChI=1S/C19H18Br2ClN3O/c20-13-9-12-1-2-14-15(3-4-16(22)17(14)21)19(18(12)23-10-13)25-7-5-24(11-26)6-8-25/h3-4,9-11,19H,1-2,5-8H2/i11T. The highest BCUT2D eigenvalue weighted by molar-refractivity contribution is 9.10. The van der Waals surface area contributed by atoms with Gasteiger partial charge in [-0.2, -0.15) is 0 Å². The molecule has 0 bridgehead atoms. The minimum atomic E-state index is -0.604. The molecule has 1 aliphatic carbocycles. The van der Waals surface area contributed by atoms with Gasteiger partial charge in [-0.3, -0.25) is 14.7 Å². The number of piperazine rings is 1. The normalized spacial score (nSPS) is 20.8. The van der Waals surface area contributed by atoms with Crippen molar-refractivity contribution in [3.05, 3.63) is 60.7 Å². The number of benzene rings is 1. The van der Waals surface area contributed by atoms with Crippen LogP contribution in [0.5, 0.6) is 0 Å². The summed E-state index contributed by atoms with van der Waals surface area (Å²) in [6.07, 6.45) is 3.04. The van der Waals surface area contributed by atoms with E-state index in [0.29, 0.717) is 26.2 Å². The van der Waals surface area contributed by atoms with Gasteiger partial charge in [-0.1, -0.05) is 17.7 Å². The van der Waals surface area contributed by atoms with E-state index in [9.17, 15) is 4.79 Å². The molecule has 7 heteroatoms. The van der Waals surface area contributed by atoms with E-state index in [-0.39, 0.29) is 6.04 Å². The molecule has 1 fully saturated rings. The molecule has 0 spiro atoms. The summed E-state index contributed by atoms with van der Waals surface area (Å²) < 4.78 is 9.29. The third kappa shape index (κ3) is 3.33. The molecule has 1 aliphatic heterocycles. The van der Waals surface area contributed by atoms with E-state index >= 15 is 0 Å². The topological polar surface area (TPSA) is 36.4 Å². The molecule has 0 N–H and O–H groups in total. The molecule has 4 nitrogen and oxygen atoms in total. The van der Waals surface area contributed by atoms with E-state index in [1.807, 2.05) is 12.3 Å². The number of hydrogen-bond donors (Lipinski definition) is 0. The van der Waals surface area contributed by atoms with Gasteiger partial charge in [-0.15, -0.1) is 0 Å². The first-order valence-electron chi connectivity index (χ1n) is 9.06. The Morgan fingerprint density at radius 1 is 1.23 bits per heavy atom. The second-order valence-corrected chi connectivity index (χ2v) is 8.76. The minimum absolute atomic E-state index is 0.0159. The lowest BCUT2D eigenvalue weighted by Crippen LogP contribution is -2.47. The number of halogens is 3. The van der Waals surface area contributed by atoms with E-state index < -0.39 is 6.39 Å². The van der Waals surface area contributed by atoms with Crippen LogP contribution >= 0.6 is 43.5 Å². The molecular weight excluding hydrogens is 481 g/mol. The second kappa shape index (κ2) is 7.58. The van der Waals surface area contributed by atoms with Gasteiger partial charge in [0.2, 0.25) is 6.39 Å². The Balaban J connectivity index is 1.79. The largest absolute Gasteiger partial charge is 0.343 e. The molecule has 1 atom stereocenters. The van der Waals surface area contributed by atoms with Crippen LogP contribution < -0.4 is 0 Å². The first-order valence-corrected chi connectivity index (χ1v) is 10.5. The lowest BCUT2D eigenvalue weighted by atomic mass is 9.96.